The average molecular weight is 326 g/mol. The van der Waals surface area contributed by atoms with Gasteiger partial charge in [-0.25, -0.2) is 0 Å². The molecule has 2 rings (SSSR count). The molecule has 0 radical (unpaired) electrons. The summed E-state index contributed by atoms with van der Waals surface area (Å²) in [6, 6.07) is 5.90. The van der Waals surface area contributed by atoms with Crippen LogP contribution in [-0.4, -0.2) is 6.10 Å². The molecule has 2 nitrogen and oxygen atoms in total. The lowest BCUT2D eigenvalue weighted by Gasteiger charge is -2.38. The summed E-state index contributed by atoms with van der Waals surface area (Å²) in [5.41, 5.74) is 8.10. The van der Waals surface area contributed by atoms with E-state index in [4.69, 9.17) is 10.5 Å². The van der Waals surface area contributed by atoms with Crippen LogP contribution < -0.4 is 5.73 Å². The van der Waals surface area contributed by atoms with Crippen LogP contribution in [0, 0.1) is 11.3 Å². The fraction of sp³-hybridized carbons (Fsp3) is 0.625. The van der Waals surface area contributed by atoms with Gasteiger partial charge < -0.3 is 10.5 Å². The molecule has 0 bridgehead atoms. The van der Waals surface area contributed by atoms with Crippen LogP contribution in [-0.2, 0) is 11.3 Å². The molecule has 2 unspecified atom stereocenters. The van der Waals surface area contributed by atoms with Gasteiger partial charge in [-0.3, -0.25) is 0 Å². The minimum atomic E-state index is 0.378. The van der Waals surface area contributed by atoms with Gasteiger partial charge in [0.2, 0.25) is 0 Å². The largest absolute Gasteiger partial charge is 0.399 e. The summed E-state index contributed by atoms with van der Waals surface area (Å²) >= 11 is 3.55. The number of nitrogens with two attached hydrogens (primary N) is 1. The molecule has 19 heavy (non-hydrogen) atoms. The molecule has 0 spiro atoms. The summed E-state index contributed by atoms with van der Waals surface area (Å²) in [7, 11) is 0. The zero-order valence-corrected chi connectivity index (χ0v) is 13.7. The molecule has 0 aromatic heterocycles. The molecule has 0 heterocycles. The molecule has 0 saturated heterocycles. The molecule has 0 aliphatic heterocycles. The molecule has 106 valence electrons. The van der Waals surface area contributed by atoms with Crippen LogP contribution in [0.25, 0.3) is 0 Å². The van der Waals surface area contributed by atoms with E-state index in [-0.39, 0.29) is 0 Å². The standard InChI is InChI=1S/C16H24BrNO/c1-11-6-14(9-16(2,3)8-11)19-10-12-4-5-13(18)7-15(12)17/h4-5,7,11,14H,6,8-10,18H2,1-3H3. The smallest absolute Gasteiger partial charge is 0.0731 e. The van der Waals surface area contributed by atoms with E-state index in [1.165, 1.54) is 18.4 Å². The molecule has 2 N–H and O–H groups in total. The highest BCUT2D eigenvalue weighted by Gasteiger charge is 2.32. The summed E-state index contributed by atoms with van der Waals surface area (Å²) in [5, 5.41) is 0. The SMILES string of the molecule is CC1CC(OCc2ccc(N)cc2Br)CC(C)(C)C1. The first-order valence-corrected chi connectivity index (χ1v) is 7.80. The third-order valence-corrected chi connectivity index (χ3v) is 4.64. The molecular weight excluding hydrogens is 302 g/mol. The minimum absolute atomic E-state index is 0.378. The molecule has 1 aromatic rings. The van der Waals surface area contributed by atoms with Crippen LogP contribution in [0.1, 0.15) is 45.6 Å². The molecule has 3 heteroatoms. The first-order valence-electron chi connectivity index (χ1n) is 7.01. The van der Waals surface area contributed by atoms with Crippen molar-refractivity contribution in [3.63, 3.8) is 0 Å². The Balaban J connectivity index is 1.95. The second-order valence-electron chi connectivity index (χ2n) is 6.70. The lowest BCUT2D eigenvalue weighted by molar-refractivity contribution is -0.0317. The first kappa shape index (κ1) is 14.9. The number of nitrogen functional groups attached to an aromatic ring is 1. The monoisotopic (exact) mass is 325 g/mol. The Kier molecular flexibility index (Phi) is 4.57. The maximum Gasteiger partial charge on any atom is 0.0731 e. The van der Waals surface area contributed by atoms with Gasteiger partial charge in [0.25, 0.3) is 0 Å². The van der Waals surface area contributed by atoms with Crippen LogP contribution >= 0.6 is 15.9 Å². The van der Waals surface area contributed by atoms with E-state index in [1.807, 2.05) is 18.2 Å². The zero-order valence-electron chi connectivity index (χ0n) is 12.1. The summed E-state index contributed by atoms with van der Waals surface area (Å²) in [5.74, 6) is 0.753. The Morgan fingerprint density at radius 2 is 2.11 bits per heavy atom. The number of rotatable bonds is 3. The fourth-order valence-electron chi connectivity index (χ4n) is 3.27. The zero-order chi connectivity index (χ0) is 14.0. The number of benzene rings is 1. The Bertz CT molecular complexity index is 444. The first-order chi connectivity index (χ1) is 8.85. The summed E-state index contributed by atoms with van der Waals surface area (Å²) < 4.78 is 7.16. The van der Waals surface area contributed by atoms with Crippen molar-refractivity contribution in [3.05, 3.63) is 28.2 Å². The highest BCUT2D eigenvalue weighted by Crippen LogP contribution is 2.40. The van der Waals surface area contributed by atoms with Gasteiger partial charge in [-0.05, 0) is 48.3 Å². The summed E-state index contributed by atoms with van der Waals surface area (Å²) in [4.78, 5) is 0. The molecule has 1 aliphatic carbocycles. The van der Waals surface area contributed by atoms with Crippen molar-refractivity contribution < 1.29 is 4.74 Å². The van der Waals surface area contributed by atoms with Gasteiger partial charge in [-0.1, -0.05) is 42.8 Å². The summed E-state index contributed by atoms with van der Waals surface area (Å²) in [6.45, 7) is 7.68. The maximum atomic E-state index is 6.12. The molecule has 1 aromatic carbocycles. The lowest BCUT2D eigenvalue weighted by atomic mass is 9.71. The van der Waals surface area contributed by atoms with Gasteiger partial charge in [0.05, 0.1) is 12.7 Å². The third-order valence-electron chi connectivity index (χ3n) is 3.90. The second kappa shape index (κ2) is 5.84. The molecule has 1 aliphatic rings. The van der Waals surface area contributed by atoms with Crippen molar-refractivity contribution in [1.29, 1.82) is 0 Å². The van der Waals surface area contributed by atoms with Crippen molar-refractivity contribution in [1.82, 2.24) is 0 Å². The van der Waals surface area contributed by atoms with Gasteiger partial charge in [-0.15, -0.1) is 0 Å². The van der Waals surface area contributed by atoms with Gasteiger partial charge in [0.15, 0.2) is 0 Å². The van der Waals surface area contributed by atoms with Crippen LogP contribution in [0.2, 0.25) is 0 Å². The Labute approximate surface area is 124 Å². The highest BCUT2D eigenvalue weighted by molar-refractivity contribution is 9.10. The van der Waals surface area contributed by atoms with E-state index in [0.29, 0.717) is 18.1 Å². The number of halogens is 1. The van der Waals surface area contributed by atoms with E-state index in [1.54, 1.807) is 0 Å². The summed E-state index contributed by atoms with van der Waals surface area (Å²) in [6.07, 6.45) is 4.02. The molecule has 2 atom stereocenters. The highest BCUT2D eigenvalue weighted by atomic mass is 79.9. The normalized spacial score (nSPS) is 26.3. The lowest BCUT2D eigenvalue weighted by Crippen LogP contribution is -2.32. The Morgan fingerprint density at radius 3 is 2.74 bits per heavy atom. The minimum Gasteiger partial charge on any atom is -0.399 e. The average Bonchev–Trinajstić information content (AvgIpc) is 2.25. The van der Waals surface area contributed by atoms with E-state index in [9.17, 15) is 0 Å². The molecular formula is C16H24BrNO. The molecule has 1 fully saturated rings. The van der Waals surface area contributed by atoms with Crippen LogP contribution in [0.3, 0.4) is 0 Å². The predicted octanol–water partition coefficient (Wildman–Crippen LogP) is 4.76. The predicted molar refractivity (Wildman–Crippen MR) is 83.9 cm³/mol. The molecule has 0 amide bonds. The van der Waals surface area contributed by atoms with Gasteiger partial charge >= 0.3 is 0 Å². The second-order valence-corrected chi connectivity index (χ2v) is 7.55. The van der Waals surface area contributed by atoms with Crippen molar-refractivity contribution in [2.24, 2.45) is 11.3 Å². The van der Waals surface area contributed by atoms with E-state index >= 15 is 0 Å². The number of hydrogen-bond donors (Lipinski definition) is 1. The van der Waals surface area contributed by atoms with Crippen molar-refractivity contribution >= 4 is 21.6 Å². The number of ether oxygens (including phenoxy) is 1. The fourth-order valence-corrected chi connectivity index (χ4v) is 3.78. The van der Waals surface area contributed by atoms with E-state index in [0.717, 1.165) is 22.5 Å². The quantitative estimate of drug-likeness (QED) is 0.813. The van der Waals surface area contributed by atoms with Gasteiger partial charge in [-0.2, -0.15) is 0 Å². The van der Waals surface area contributed by atoms with Crippen molar-refractivity contribution in [2.45, 2.75) is 52.7 Å². The maximum absolute atomic E-state index is 6.12. The number of hydrogen-bond acceptors (Lipinski definition) is 2. The van der Waals surface area contributed by atoms with Crippen molar-refractivity contribution in [3.8, 4) is 0 Å². The third kappa shape index (κ3) is 4.22. The Hall–Kier alpha value is -0.540. The van der Waals surface area contributed by atoms with Gasteiger partial charge in [0.1, 0.15) is 0 Å². The van der Waals surface area contributed by atoms with E-state index in [2.05, 4.69) is 36.7 Å². The molecule has 1 saturated carbocycles. The van der Waals surface area contributed by atoms with Crippen LogP contribution in [0.4, 0.5) is 5.69 Å². The van der Waals surface area contributed by atoms with Crippen molar-refractivity contribution in [2.75, 3.05) is 5.73 Å². The number of anilines is 1. The van der Waals surface area contributed by atoms with Gasteiger partial charge in [0, 0.05) is 10.2 Å². The Morgan fingerprint density at radius 1 is 1.37 bits per heavy atom. The topological polar surface area (TPSA) is 35.2 Å². The van der Waals surface area contributed by atoms with E-state index < -0.39 is 0 Å². The van der Waals surface area contributed by atoms with Crippen LogP contribution in [0.15, 0.2) is 22.7 Å². The van der Waals surface area contributed by atoms with Crippen LogP contribution in [0.5, 0.6) is 0 Å².